The Labute approximate surface area is 182 Å². The number of halogens is 2. The summed E-state index contributed by atoms with van der Waals surface area (Å²) in [4.78, 5) is 0. The van der Waals surface area contributed by atoms with Gasteiger partial charge in [0.2, 0.25) is 0 Å². The highest BCUT2D eigenvalue weighted by molar-refractivity contribution is 6.32. The minimum absolute atomic E-state index is 0.274. The summed E-state index contributed by atoms with van der Waals surface area (Å²) in [6.45, 7) is 3.15. The molecular weight excluding hydrogens is 401 g/mol. The third-order valence-electron chi connectivity index (χ3n) is 4.95. The minimum Gasteiger partial charge on any atom is -0.493 e. The normalized spacial score (nSPS) is 11.9. The van der Waals surface area contributed by atoms with E-state index in [1.807, 2.05) is 18.2 Å². The maximum atomic E-state index is 13.1. The zero-order valence-electron chi connectivity index (χ0n) is 17.3. The quantitative estimate of drug-likeness (QED) is 0.419. The lowest BCUT2D eigenvalue weighted by Crippen LogP contribution is -2.26. The molecule has 1 atom stereocenters. The Morgan fingerprint density at radius 1 is 0.967 bits per heavy atom. The highest BCUT2D eigenvalue weighted by atomic mass is 35.5. The van der Waals surface area contributed by atoms with Crippen LogP contribution in [0.1, 0.15) is 30.0 Å². The van der Waals surface area contributed by atoms with Crippen molar-refractivity contribution in [3.05, 3.63) is 94.3 Å². The largest absolute Gasteiger partial charge is 0.493 e. The van der Waals surface area contributed by atoms with E-state index in [-0.39, 0.29) is 12.4 Å². The van der Waals surface area contributed by atoms with Gasteiger partial charge >= 0.3 is 0 Å². The van der Waals surface area contributed by atoms with Crippen LogP contribution in [0.15, 0.2) is 66.7 Å². The van der Waals surface area contributed by atoms with E-state index in [9.17, 15) is 4.39 Å². The van der Waals surface area contributed by atoms with Crippen molar-refractivity contribution in [1.82, 2.24) is 5.32 Å². The van der Waals surface area contributed by atoms with E-state index in [4.69, 9.17) is 21.1 Å². The van der Waals surface area contributed by atoms with Gasteiger partial charge in [-0.3, -0.25) is 0 Å². The van der Waals surface area contributed by atoms with Crippen LogP contribution in [0.5, 0.6) is 11.5 Å². The standard InChI is InChI=1S/C25H27ClFNO2/c1-18(8-9-19-6-4-3-5-7-19)28-16-21-14-23(26)25(24(15-21)29-2)30-17-20-10-12-22(27)13-11-20/h3-7,10-15,18,28H,8-9,16-17H2,1-2H3/t18-/m0/s1. The Hall–Kier alpha value is -2.56. The lowest BCUT2D eigenvalue weighted by molar-refractivity contribution is 0.284. The summed E-state index contributed by atoms with van der Waals surface area (Å²) >= 11 is 6.47. The molecule has 1 N–H and O–H groups in total. The Kier molecular flexibility index (Phi) is 8.12. The summed E-state index contributed by atoms with van der Waals surface area (Å²) in [5.74, 6) is 0.798. The Morgan fingerprint density at radius 2 is 1.70 bits per heavy atom. The molecule has 3 nitrogen and oxygen atoms in total. The van der Waals surface area contributed by atoms with E-state index in [1.165, 1.54) is 17.7 Å². The van der Waals surface area contributed by atoms with Crippen LogP contribution in [0.2, 0.25) is 5.02 Å². The molecule has 0 heterocycles. The molecule has 30 heavy (non-hydrogen) atoms. The van der Waals surface area contributed by atoms with Gasteiger partial charge in [-0.25, -0.2) is 4.39 Å². The lowest BCUT2D eigenvalue weighted by Gasteiger charge is -2.17. The summed E-state index contributed by atoms with van der Waals surface area (Å²) in [5.41, 5.74) is 3.23. The second-order valence-electron chi connectivity index (χ2n) is 7.33. The predicted octanol–water partition coefficient (Wildman–Crippen LogP) is 6.18. The number of benzene rings is 3. The van der Waals surface area contributed by atoms with Crippen molar-refractivity contribution in [2.24, 2.45) is 0 Å². The van der Waals surface area contributed by atoms with Gasteiger partial charge in [0.25, 0.3) is 0 Å². The minimum atomic E-state index is -0.274. The van der Waals surface area contributed by atoms with E-state index in [0.29, 0.717) is 29.1 Å². The second-order valence-corrected chi connectivity index (χ2v) is 7.74. The Morgan fingerprint density at radius 3 is 2.40 bits per heavy atom. The summed E-state index contributed by atoms with van der Waals surface area (Å²) in [7, 11) is 1.59. The average Bonchev–Trinajstić information content (AvgIpc) is 2.77. The van der Waals surface area contributed by atoms with E-state index in [1.54, 1.807) is 19.2 Å². The average molecular weight is 428 g/mol. The van der Waals surface area contributed by atoms with Gasteiger partial charge in [0.15, 0.2) is 11.5 Å². The maximum Gasteiger partial charge on any atom is 0.180 e. The van der Waals surface area contributed by atoms with Gasteiger partial charge in [0.1, 0.15) is 12.4 Å². The van der Waals surface area contributed by atoms with Crippen molar-refractivity contribution in [2.45, 2.75) is 39.0 Å². The van der Waals surface area contributed by atoms with Crippen LogP contribution < -0.4 is 14.8 Å². The molecule has 0 spiro atoms. The highest BCUT2D eigenvalue weighted by Crippen LogP contribution is 2.37. The maximum absolute atomic E-state index is 13.1. The number of rotatable bonds is 10. The number of nitrogens with one attached hydrogen (secondary N) is 1. The molecule has 0 aromatic heterocycles. The van der Waals surface area contributed by atoms with Crippen molar-refractivity contribution in [1.29, 1.82) is 0 Å². The Balaban J connectivity index is 1.56. The van der Waals surface area contributed by atoms with Crippen LogP contribution in [0, 0.1) is 5.82 Å². The van der Waals surface area contributed by atoms with Crippen molar-refractivity contribution in [3.8, 4) is 11.5 Å². The first-order valence-corrected chi connectivity index (χ1v) is 10.4. The smallest absolute Gasteiger partial charge is 0.180 e. The van der Waals surface area contributed by atoms with Gasteiger partial charge in [-0.05, 0) is 60.7 Å². The lowest BCUT2D eigenvalue weighted by atomic mass is 10.1. The van der Waals surface area contributed by atoms with Crippen LogP contribution in [0.4, 0.5) is 4.39 Å². The van der Waals surface area contributed by atoms with Crippen molar-refractivity contribution in [2.75, 3.05) is 7.11 Å². The number of methoxy groups -OCH3 is 1. The summed E-state index contributed by atoms with van der Waals surface area (Å²) in [6, 6.07) is 20.9. The fourth-order valence-electron chi connectivity index (χ4n) is 3.17. The fourth-order valence-corrected chi connectivity index (χ4v) is 3.46. The molecule has 0 aliphatic carbocycles. The molecule has 0 bridgehead atoms. The van der Waals surface area contributed by atoms with Crippen molar-refractivity contribution >= 4 is 11.6 Å². The molecule has 0 radical (unpaired) electrons. The summed E-state index contributed by atoms with van der Waals surface area (Å²) in [5, 5.41) is 4.03. The monoisotopic (exact) mass is 427 g/mol. The van der Waals surface area contributed by atoms with Gasteiger partial charge in [-0.15, -0.1) is 0 Å². The molecule has 0 saturated heterocycles. The second kappa shape index (κ2) is 11.0. The summed E-state index contributed by atoms with van der Waals surface area (Å²) < 4.78 is 24.4. The molecule has 0 saturated carbocycles. The van der Waals surface area contributed by atoms with Crippen LogP contribution in [-0.2, 0) is 19.6 Å². The van der Waals surface area contributed by atoms with E-state index in [0.717, 1.165) is 24.0 Å². The SMILES string of the molecule is COc1cc(CN[C@@H](C)CCc2ccccc2)cc(Cl)c1OCc1ccc(F)cc1. The van der Waals surface area contributed by atoms with E-state index in [2.05, 4.69) is 36.5 Å². The number of hydrogen-bond donors (Lipinski definition) is 1. The zero-order valence-corrected chi connectivity index (χ0v) is 18.1. The fraction of sp³-hybridized carbons (Fsp3) is 0.280. The van der Waals surface area contributed by atoms with Crippen LogP contribution >= 0.6 is 11.6 Å². The molecule has 3 rings (SSSR count). The van der Waals surface area contributed by atoms with Crippen LogP contribution in [-0.4, -0.2) is 13.2 Å². The van der Waals surface area contributed by atoms with Crippen molar-refractivity contribution in [3.63, 3.8) is 0 Å². The van der Waals surface area contributed by atoms with Gasteiger partial charge in [-0.2, -0.15) is 0 Å². The topological polar surface area (TPSA) is 30.5 Å². The molecule has 3 aromatic carbocycles. The van der Waals surface area contributed by atoms with Gasteiger partial charge in [0.05, 0.1) is 12.1 Å². The first-order chi connectivity index (χ1) is 14.5. The molecule has 0 aliphatic rings. The molecule has 0 amide bonds. The zero-order chi connectivity index (χ0) is 21.3. The van der Waals surface area contributed by atoms with Crippen LogP contribution in [0.3, 0.4) is 0 Å². The molecule has 5 heteroatoms. The van der Waals surface area contributed by atoms with Gasteiger partial charge in [-0.1, -0.05) is 54.1 Å². The number of aryl methyl sites for hydroxylation is 1. The Bertz CT molecular complexity index is 932. The van der Waals surface area contributed by atoms with E-state index >= 15 is 0 Å². The third kappa shape index (κ3) is 6.48. The molecule has 3 aromatic rings. The number of ether oxygens (including phenoxy) is 2. The predicted molar refractivity (Wildman–Crippen MR) is 120 cm³/mol. The first-order valence-electron chi connectivity index (χ1n) is 10.1. The third-order valence-corrected chi connectivity index (χ3v) is 5.23. The molecule has 0 aliphatic heterocycles. The van der Waals surface area contributed by atoms with Crippen LogP contribution in [0.25, 0.3) is 0 Å². The number of hydrogen-bond acceptors (Lipinski definition) is 3. The molecule has 0 unspecified atom stereocenters. The highest BCUT2D eigenvalue weighted by Gasteiger charge is 2.13. The molecule has 0 fully saturated rings. The molecule has 158 valence electrons. The summed E-state index contributed by atoms with van der Waals surface area (Å²) in [6.07, 6.45) is 2.09. The van der Waals surface area contributed by atoms with Crippen molar-refractivity contribution < 1.29 is 13.9 Å². The molecular formula is C25H27ClFNO2. The van der Waals surface area contributed by atoms with Gasteiger partial charge < -0.3 is 14.8 Å². The van der Waals surface area contributed by atoms with Gasteiger partial charge in [0, 0.05) is 12.6 Å². The first kappa shape index (κ1) is 22.1. The van der Waals surface area contributed by atoms with E-state index < -0.39 is 0 Å².